The average Bonchev–Trinajstić information content (AvgIpc) is 4.02. The number of ether oxygens (including phenoxy) is 3. The summed E-state index contributed by atoms with van der Waals surface area (Å²) < 4.78 is 46.6. The first-order valence-corrected chi connectivity index (χ1v) is 22.0. The molecule has 6 aliphatic carbocycles. The molecule has 2 saturated heterocycles. The van der Waals surface area contributed by atoms with Crippen LogP contribution in [0.5, 0.6) is 0 Å². The number of fused-ring (bicyclic) bond motifs is 4. The smallest absolute Gasteiger partial charge is 0.223 e. The standard InChI is InChI=1S/C42H61NO7S/c1-26-21-28(24-51(46,47)29-9-7-6-8-10-29)49-36-35(26)39(4)17-18-42-25-41(42)16-15-32(38(2,3)30(41)13-14-31(42)40(39,5)37(36)45)50-34-23-43(19-20-48-34)33(44)22-27-11-12-27/h6-10,26-28,30-32,34-37,45H,11-25H2,1-5H3/t26-,28-,30+,31?,32+,34+,35+,36+,37+,39?,40-,41?,42?/m1/s1. The van der Waals surface area contributed by atoms with E-state index in [1.54, 1.807) is 24.3 Å². The van der Waals surface area contributed by atoms with Gasteiger partial charge in [0.25, 0.3) is 0 Å². The van der Waals surface area contributed by atoms with E-state index < -0.39 is 22.0 Å². The fourth-order valence-electron chi connectivity index (χ4n) is 14.5. The van der Waals surface area contributed by atoms with Crippen molar-refractivity contribution in [3.63, 3.8) is 0 Å². The summed E-state index contributed by atoms with van der Waals surface area (Å²) >= 11 is 0. The van der Waals surface area contributed by atoms with E-state index in [0.29, 0.717) is 55.2 Å². The van der Waals surface area contributed by atoms with Gasteiger partial charge in [0.2, 0.25) is 5.91 Å². The molecule has 6 saturated carbocycles. The van der Waals surface area contributed by atoms with Gasteiger partial charge in [-0.2, -0.15) is 0 Å². The third-order valence-corrected chi connectivity index (χ3v) is 19.0. The number of aliphatic hydroxyl groups excluding tert-OH is 1. The van der Waals surface area contributed by atoms with Gasteiger partial charge in [-0.15, -0.1) is 0 Å². The van der Waals surface area contributed by atoms with Crippen LogP contribution in [0.15, 0.2) is 35.2 Å². The van der Waals surface area contributed by atoms with E-state index in [0.717, 1.165) is 32.1 Å². The number of morpholine rings is 1. The molecule has 8 aliphatic rings. The van der Waals surface area contributed by atoms with Crippen LogP contribution in [0.25, 0.3) is 0 Å². The second-order valence-electron chi connectivity index (χ2n) is 19.6. The van der Waals surface area contributed by atoms with E-state index in [2.05, 4.69) is 34.6 Å². The number of sulfone groups is 1. The Morgan fingerprint density at radius 3 is 2.45 bits per heavy atom. The molecule has 0 radical (unpaired) electrons. The minimum Gasteiger partial charge on any atom is -0.390 e. The van der Waals surface area contributed by atoms with Gasteiger partial charge in [-0.25, -0.2) is 8.42 Å². The molecule has 2 heterocycles. The summed E-state index contributed by atoms with van der Waals surface area (Å²) in [7, 11) is -3.50. The maximum absolute atomic E-state index is 13.4. The molecule has 2 aliphatic heterocycles. The van der Waals surface area contributed by atoms with Crippen molar-refractivity contribution < 1.29 is 32.5 Å². The molecule has 0 aromatic heterocycles. The summed E-state index contributed by atoms with van der Waals surface area (Å²) in [4.78, 5) is 15.2. The molecule has 8 nitrogen and oxygen atoms in total. The number of aliphatic hydroxyl groups is 1. The van der Waals surface area contributed by atoms with Gasteiger partial charge >= 0.3 is 0 Å². The number of hydrogen-bond donors (Lipinski definition) is 1. The third kappa shape index (κ3) is 5.02. The van der Waals surface area contributed by atoms with Gasteiger partial charge < -0.3 is 24.2 Å². The zero-order chi connectivity index (χ0) is 35.8. The SMILES string of the molecule is C[C@@H]1C[C@H](CS(=O)(=O)c2ccccc2)O[C@H]2[C@H]1C1(C)CCC34CC35CC[C@H](O[C@H]3CN(C(=O)CC6CC6)CCO3)C(C)(C)[C@@H]5CCC4[C@]1(C)[C@H]2O. The van der Waals surface area contributed by atoms with Crippen molar-refractivity contribution in [2.24, 2.45) is 56.7 Å². The van der Waals surface area contributed by atoms with Crippen LogP contribution in [-0.4, -0.2) is 80.5 Å². The lowest BCUT2D eigenvalue weighted by Crippen LogP contribution is -2.60. The summed E-state index contributed by atoms with van der Waals surface area (Å²) in [6.07, 6.45) is 10.1. The number of carbonyl (C=O) groups excluding carboxylic acids is 1. The molecule has 1 aromatic carbocycles. The van der Waals surface area contributed by atoms with E-state index in [1.807, 2.05) is 11.0 Å². The molecule has 1 N–H and O–H groups in total. The van der Waals surface area contributed by atoms with E-state index in [4.69, 9.17) is 14.2 Å². The van der Waals surface area contributed by atoms with Crippen LogP contribution in [0.1, 0.15) is 105 Å². The Balaban J connectivity index is 0.923. The molecule has 1 aromatic rings. The highest BCUT2D eigenvalue weighted by Gasteiger charge is 2.84. The fraction of sp³-hybridized carbons (Fsp3) is 0.833. The van der Waals surface area contributed by atoms with Crippen LogP contribution in [0.3, 0.4) is 0 Å². The van der Waals surface area contributed by atoms with Gasteiger partial charge in [0.05, 0.1) is 48.2 Å². The second-order valence-corrected chi connectivity index (χ2v) is 21.7. The first kappa shape index (κ1) is 35.2. The maximum atomic E-state index is 13.4. The average molecular weight is 724 g/mol. The van der Waals surface area contributed by atoms with E-state index in [-0.39, 0.29) is 69.1 Å². The van der Waals surface area contributed by atoms with E-state index >= 15 is 0 Å². The second kappa shape index (κ2) is 11.7. The molecule has 2 spiro atoms. The molecule has 9 rings (SSSR count). The number of rotatable bonds is 7. The quantitative estimate of drug-likeness (QED) is 0.337. The lowest BCUT2D eigenvalue weighted by atomic mass is 9.41. The summed E-state index contributed by atoms with van der Waals surface area (Å²) in [6.45, 7) is 13.7. The summed E-state index contributed by atoms with van der Waals surface area (Å²) in [6, 6.07) is 8.72. The molecular weight excluding hydrogens is 663 g/mol. The number of amides is 1. The van der Waals surface area contributed by atoms with E-state index in [1.165, 1.54) is 25.7 Å². The molecule has 51 heavy (non-hydrogen) atoms. The lowest BCUT2D eigenvalue weighted by molar-refractivity contribution is -0.248. The third-order valence-electron chi connectivity index (χ3n) is 17.2. The van der Waals surface area contributed by atoms with Crippen molar-refractivity contribution in [3.05, 3.63) is 30.3 Å². The minimum absolute atomic E-state index is 0.0184. The van der Waals surface area contributed by atoms with Crippen LogP contribution in [-0.2, 0) is 28.8 Å². The van der Waals surface area contributed by atoms with Crippen LogP contribution in [0, 0.1) is 56.7 Å². The Labute approximate surface area is 305 Å². The number of carbonyl (C=O) groups is 1. The lowest BCUT2D eigenvalue weighted by Gasteiger charge is -2.64. The molecule has 0 bridgehead atoms. The Morgan fingerprint density at radius 2 is 1.71 bits per heavy atom. The van der Waals surface area contributed by atoms with Crippen LogP contribution in [0.4, 0.5) is 0 Å². The molecule has 282 valence electrons. The first-order chi connectivity index (χ1) is 24.2. The number of nitrogens with zero attached hydrogens (tertiary/aromatic N) is 1. The Morgan fingerprint density at radius 1 is 0.980 bits per heavy atom. The van der Waals surface area contributed by atoms with E-state index in [9.17, 15) is 18.3 Å². The van der Waals surface area contributed by atoms with Crippen molar-refractivity contribution >= 4 is 15.7 Å². The zero-order valence-corrected chi connectivity index (χ0v) is 32.3. The van der Waals surface area contributed by atoms with Gasteiger partial charge in [0.1, 0.15) is 0 Å². The van der Waals surface area contributed by atoms with Crippen molar-refractivity contribution in [3.8, 4) is 0 Å². The summed E-state index contributed by atoms with van der Waals surface area (Å²) in [5.41, 5.74) is 0.127. The molecule has 1 amide bonds. The van der Waals surface area contributed by atoms with Gasteiger partial charge in [-0.05, 0) is 128 Å². The van der Waals surface area contributed by atoms with Crippen LogP contribution in [0.2, 0.25) is 0 Å². The van der Waals surface area contributed by atoms with Crippen molar-refractivity contribution in [1.82, 2.24) is 4.90 Å². The summed E-state index contributed by atoms with van der Waals surface area (Å²) in [5.74, 6) is 2.26. The highest BCUT2D eigenvalue weighted by molar-refractivity contribution is 7.91. The van der Waals surface area contributed by atoms with Gasteiger partial charge in [-0.3, -0.25) is 4.79 Å². The number of benzene rings is 1. The number of hydrogen-bond acceptors (Lipinski definition) is 7. The largest absolute Gasteiger partial charge is 0.390 e. The Hall–Kier alpha value is -1.52. The van der Waals surface area contributed by atoms with Gasteiger partial charge in [-0.1, -0.05) is 52.8 Å². The van der Waals surface area contributed by atoms with Gasteiger partial charge in [0, 0.05) is 18.4 Å². The predicted molar refractivity (Wildman–Crippen MR) is 193 cm³/mol. The van der Waals surface area contributed by atoms with Crippen molar-refractivity contribution in [2.75, 3.05) is 25.4 Å². The maximum Gasteiger partial charge on any atom is 0.223 e. The van der Waals surface area contributed by atoms with Crippen LogP contribution < -0.4 is 0 Å². The Kier molecular flexibility index (Phi) is 8.10. The van der Waals surface area contributed by atoms with Gasteiger partial charge in [0.15, 0.2) is 16.1 Å². The van der Waals surface area contributed by atoms with Crippen LogP contribution >= 0.6 is 0 Å². The summed E-state index contributed by atoms with van der Waals surface area (Å²) in [5, 5.41) is 12.6. The molecule has 8 fully saturated rings. The normalized spacial score (nSPS) is 48.4. The fourth-order valence-corrected chi connectivity index (χ4v) is 16.0. The molecule has 4 unspecified atom stereocenters. The molecule has 13 atom stereocenters. The van der Waals surface area contributed by atoms with Crippen molar-refractivity contribution in [1.29, 1.82) is 0 Å². The Bertz CT molecular complexity index is 1650. The molecular formula is C42H61NO7S. The predicted octanol–water partition coefficient (Wildman–Crippen LogP) is 6.64. The molecule has 9 heteroatoms. The topological polar surface area (TPSA) is 102 Å². The first-order valence-electron chi connectivity index (χ1n) is 20.3. The monoisotopic (exact) mass is 723 g/mol. The highest BCUT2D eigenvalue weighted by Crippen LogP contribution is 2.89. The highest BCUT2D eigenvalue weighted by atomic mass is 32.2. The van der Waals surface area contributed by atoms with Crippen molar-refractivity contribution in [2.45, 2.75) is 141 Å². The zero-order valence-electron chi connectivity index (χ0n) is 31.5. The minimum atomic E-state index is -3.50.